The van der Waals surface area contributed by atoms with Crippen molar-refractivity contribution in [3.8, 4) is 0 Å². The molecule has 1 aromatic carbocycles. The third kappa shape index (κ3) is 5.20. The molecule has 0 spiro atoms. The average molecular weight is 498 g/mol. The Morgan fingerprint density at radius 2 is 1.91 bits per heavy atom. The van der Waals surface area contributed by atoms with Crippen molar-refractivity contribution in [3.05, 3.63) is 68.0 Å². The summed E-state index contributed by atoms with van der Waals surface area (Å²) < 4.78 is 6.64. The van der Waals surface area contributed by atoms with E-state index < -0.39 is 17.4 Å². The molecule has 0 bridgehead atoms. The number of nitrogens with one attached hydrogen (secondary N) is 1. The van der Waals surface area contributed by atoms with Crippen LogP contribution in [0.5, 0.6) is 0 Å². The first-order valence-electron chi connectivity index (χ1n) is 10.7. The van der Waals surface area contributed by atoms with E-state index in [2.05, 4.69) is 20.5 Å². The van der Waals surface area contributed by atoms with Crippen molar-refractivity contribution in [3.63, 3.8) is 0 Å². The molecule has 0 radical (unpaired) electrons. The maximum absolute atomic E-state index is 13.0. The van der Waals surface area contributed by atoms with E-state index >= 15 is 0 Å². The fourth-order valence-electron chi connectivity index (χ4n) is 3.27. The number of fused-ring (bicyclic) bond motifs is 1. The Balaban J connectivity index is 1.46. The lowest BCUT2D eigenvalue weighted by molar-refractivity contribution is -0.116. The molecule has 1 N–H and O–H groups in total. The Morgan fingerprint density at radius 3 is 2.62 bits per heavy atom. The van der Waals surface area contributed by atoms with E-state index in [1.165, 1.54) is 22.2 Å². The van der Waals surface area contributed by atoms with Gasteiger partial charge in [0.2, 0.25) is 11.0 Å². The molecule has 11 heteroatoms. The van der Waals surface area contributed by atoms with Gasteiger partial charge in [0.1, 0.15) is 21.3 Å². The summed E-state index contributed by atoms with van der Waals surface area (Å²) >= 11 is 2.41. The number of nitrogens with zero attached hydrogens (tertiary/aromatic N) is 4. The Labute approximate surface area is 203 Å². The summed E-state index contributed by atoms with van der Waals surface area (Å²) in [5, 5.41) is 12.2. The minimum Gasteiger partial charge on any atom is -0.461 e. The molecule has 0 aliphatic carbocycles. The minimum atomic E-state index is -0.489. The monoisotopic (exact) mass is 497 g/mol. The summed E-state index contributed by atoms with van der Waals surface area (Å²) in [5.74, 6) is -0.696. The van der Waals surface area contributed by atoms with Gasteiger partial charge in [0, 0.05) is 12.3 Å². The smallest absolute Gasteiger partial charge is 0.348 e. The molecule has 0 unspecified atom stereocenters. The molecule has 3 heterocycles. The first-order valence-corrected chi connectivity index (χ1v) is 12.3. The number of ether oxygens (including phenoxy) is 1. The lowest BCUT2D eigenvalue weighted by Gasteiger charge is -2.05. The van der Waals surface area contributed by atoms with Crippen molar-refractivity contribution in [1.29, 1.82) is 0 Å². The fourth-order valence-corrected chi connectivity index (χ4v) is 5.07. The molecule has 0 saturated carbocycles. The van der Waals surface area contributed by atoms with Crippen LogP contribution in [0.2, 0.25) is 0 Å². The molecule has 1 amide bonds. The highest BCUT2D eigenvalue weighted by Crippen LogP contribution is 2.27. The van der Waals surface area contributed by atoms with Crippen molar-refractivity contribution in [2.45, 2.75) is 39.7 Å². The van der Waals surface area contributed by atoms with Crippen LogP contribution in [0.1, 0.15) is 45.6 Å². The molecule has 4 rings (SSSR count). The van der Waals surface area contributed by atoms with Crippen LogP contribution in [0.3, 0.4) is 0 Å². The van der Waals surface area contributed by atoms with E-state index in [0.29, 0.717) is 32.2 Å². The van der Waals surface area contributed by atoms with Crippen LogP contribution in [0.15, 0.2) is 41.5 Å². The molecule has 0 atom stereocenters. The first kappa shape index (κ1) is 23.7. The van der Waals surface area contributed by atoms with E-state index in [4.69, 9.17) is 4.74 Å². The minimum absolute atomic E-state index is 0.207. The van der Waals surface area contributed by atoms with Crippen molar-refractivity contribution in [2.75, 3.05) is 11.9 Å². The number of hydrogen-bond acceptors (Lipinski definition) is 9. The zero-order chi connectivity index (χ0) is 24.2. The highest BCUT2D eigenvalue weighted by Gasteiger charge is 2.21. The molecular formula is C23H23N5O4S2. The van der Waals surface area contributed by atoms with Crippen LogP contribution in [0.4, 0.5) is 5.13 Å². The second-order valence-corrected chi connectivity index (χ2v) is 9.94. The van der Waals surface area contributed by atoms with Crippen LogP contribution < -0.4 is 10.9 Å². The van der Waals surface area contributed by atoms with E-state index in [-0.39, 0.29) is 19.1 Å². The van der Waals surface area contributed by atoms with Gasteiger partial charge in [0.25, 0.3) is 5.56 Å². The molecule has 3 aromatic heterocycles. The van der Waals surface area contributed by atoms with Crippen molar-refractivity contribution >= 4 is 49.9 Å². The molecule has 0 aliphatic heterocycles. The molecule has 0 aliphatic rings. The number of hydrogen-bond donors (Lipinski definition) is 1. The van der Waals surface area contributed by atoms with Crippen molar-refractivity contribution < 1.29 is 14.3 Å². The Kier molecular flexibility index (Phi) is 7.13. The summed E-state index contributed by atoms with van der Waals surface area (Å²) in [6, 6.07) is 9.73. The molecule has 0 saturated heterocycles. The van der Waals surface area contributed by atoms with E-state index in [9.17, 15) is 14.4 Å². The van der Waals surface area contributed by atoms with Gasteiger partial charge in [-0.3, -0.25) is 19.5 Å². The molecule has 4 aromatic rings. The van der Waals surface area contributed by atoms with Gasteiger partial charge in [0.15, 0.2) is 0 Å². The lowest BCUT2D eigenvalue weighted by Crippen LogP contribution is -2.27. The summed E-state index contributed by atoms with van der Waals surface area (Å²) in [6.07, 6.45) is 1.91. The van der Waals surface area contributed by atoms with E-state index in [0.717, 1.165) is 21.9 Å². The van der Waals surface area contributed by atoms with Crippen molar-refractivity contribution in [2.24, 2.45) is 0 Å². The standard InChI is InChI=1S/C23H23N5O4S2/c1-13(2)19-26-27-23(34-19)25-16(29)11-28-12-24-20-17(21(28)30)14(3)18(33-20)22(31)32-10-9-15-7-5-4-6-8-15/h4-8,12-13H,9-11H2,1-3H3,(H,25,27,29). The van der Waals surface area contributed by atoms with Gasteiger partial charge in [-0.2, -0.15) is 0 Å². The topological polar surface area (TPSA) is 116 Å². The number of thiophene rings is 1. The number of carbonyl (C=O) groups excluding carboxylic acids is 2. The predicted octanol–water partition coefficient (Wildman–Crippen LogP) is 3.78. The molecule has 34 heavy (non-hydrogen) atoms. The third-order valence-corrected chi connectivity index (χ3v) is 7.38. The average Bonchev–Trinajstić information content (AvgIpc) is 3.41. The van der Waals surface area contributed by atoms with Gasteiger partial charge >= 0.3 is 5.97 Å². The Hall–Kier alpha value is -3.44. The predicted molar refractivity (Wildman–Crippen MR) is 132 cm³/mol. The van der Waals surface area contributed by atoms with Crippen LogP contribution in [0, 0.1) is 6.92 Å². The summed E-state index contributed by atoms with van der Waals surface area (Å²) in [7, 11) is 0. The van der Waals surface area contributed by atoms with Gasteiger partial charge in [0.05, 0.1) is 18.3 Å². The highest BCUT2D eigenvalue weighted by atomic mass is 32.1. The Bertz CT molecular complexity index is 1390. The summed E-state index contributed by atoms with van der Waals surface area (Å²) in [5.41, 5.74) is 1.18. The van der Waals surface area contributed by atoms with Gasteiger partial charge in [-0.15, -0.1) is 21.5 Å². The maximum atomic E-state index is 13.0. The molecular weight excluding hydrogens is 474 g/mol. The number of anilines is 1. The second-order valence-electron chi connectivity index (χ2n) is 7.93. The normalized spacial score (nSPS) is 11.2. The summed E-state index contributed by atoms with van der Waals surface area (Å²) in [6.45, 7) is 5.67. The number of benzene rings is 1. The zero-order valence-electron chi connectivity index (χ0n) is 18.9. The Morgan fingerprint density at radius 1 is 1.15 bits per heavy atom. The number of aryl methyl sites for hydroxylation is 1. The summed E-state index contributed by atoms with van der Waals surface area (Å²) in [4.78, 5) is 43.2. The molecule has 176 valence electrons. The molecule has 9 nitrogen and oxygen atoms in total. The van der Waals surface area contributed by atoms with Crippen molar-refractivity contribution in [1.82, 2.24) is 19.7 Å². The maximum Gasteiger partial charge on any atom is 0.348 e. The van der Waals surface area contributed by atoms with Gasteiger partial charge in [-0.1, -0.05) is 55.5 Å². The zero-order valence-corrected chi connectivity index (χ0v) is 20.5. The molecule has 0 fully saturated rings. The number of aromatic nitrogens is 4. The third-order valence-electron chi connectivity index (χ3n) is 5.06. The van der Waals surface area contributed by atoms with E-state index in [1.54, 1.807) is 6.92 Å². The SMILES string of the molecule is Cc1c(C(=O)OCCc2ccccc2)sc2ncn(CC(=O)Nc3nnc(C(C)C)s3)c(=O)c12. The van der Waals surface area contributed by atoms with Crippen LogP contribution in [0.25, 0.3) is 10.2 Å². The number of amides is 1. The number of esters is 1. The largest absolute Gasteiger partial charge is 0.461 e. The number of carbonyl (C=O) groups is 2. The van der Waals surface area contributed by atoms with Crippen LogP contribution in [-0.4, -0.2) is 38.2 Å². The fraction of sp³-hybridized carbons (Fsp3) is 0.304. The van der Waals surface area contributed by atoms with Crippen LogP contribution in [-0.2, 0) is 22.5 Å². The van der Waals surface area contributed by atoms with Gasteiger partial charge in [-0.25, -0.2) is 9.78 Å². The lowest BCUT2D eigenvalue weighted by atomic mass is 10.2. The highest BCUT2D eigenvalue weighted by molar-refractivity contribution is 7.20. The number of rotatable bonds is 8. The quantitative estimate of drug-likeness (QED) is 0.368. The van der Waals surface area contributed by atoms with Crippen LogP contribution >= 0.6 is 22.7 Å². The van der Waals surface area contributed by atoms with Gasteiger partial charge in [-0.05, 0) is 18.1 Å². The first-order chi connectivity index (χ1) is 16.3. The second kappa shape index (κ2) is 10.2. The van der Waals surface area contributed by atoms with E-state index in [1.807, 2.05) is 44.2 Å². The van der Waals surface area contributed by atoms with Gasteiger partial charge < -0.3 is 4.74 Å².